The maximum Gasteiger partial charge on any atom is 0.251 e. The van der Waals surface area contributed by atoms with Gasteiger partial charge < -0.3 is 34.1 Å². The third-order valence-corrected chi connectivity index (χ3v) is 4.28. The highest BCUT2D eigenvalue weighted by atomic mass is 35.5. The molecule has 0 aliphatic rings. The number of halogens is 1. The summed E-state index contributed by atoms with van der Waals surface area (Å²) in [5.74, 6) is 1.56. The standard InChI is InChI=1S/C20H24ClNO7/c1-25-15-6-5-7-16(26-2)19(15)29-11-13(23)10-22-20(24)12-8-14(21)18(28-4)17(9-12)27-3/h5-9,13,23H,10-11H2,1-4H3,(H,22,24). The number of aliphatic hydroxyl groups excluding tert-OH is 1. The molecule has 29 heavy (non-hydrogen) atoms. The van der Waals surface area contributed by atoms with Crippen molar-refractivity contribution >= 4 is 17.5 Å². The average molecular weight is 426 g/mol. The molecule has 0 aromatic heterocycles. The minimum Gasteiger partial charge on any atom is -0.493 e. The first-order chi connectivity index (χ1) is 13.9. The summed E-state index contributed by atoms with van der Waals surface area (Å²) in [6.45, 7) is -0.119. The van der Waals surface area contributed by atoms with E-state index >= 15 is 0 Å². The molecule has 0 saturated carbocycles. The molecule has 158 valence electrons. The van der Waals surface area contributed by atoms with Crippen LogP contribution in [-0.2, 0) is 0 Å². The predicted octanol–water partition coefficient (Wildman–Crippen LogP) is 2.54. The Bertz CT molecular complexity index is 822. The van der Waals surface area contributed by atoms with Gasteiger partial charge >= 0.3 is 0 Å². The van der Waals surface area contributed by atoms with Gasteiger partial charge in [-0.25, -0.2) is 0 Å². The summed E-state index contributed by atoms with van der Waals surface area (Å²) in [4.78, 5) is 12.4. The van der Waals surface area contributed by atoms with Gasteiger partial charge in [0.25, 0.3) is 5.91 Å². The quantitative estimate of drug-likeness (QED) is 0.604. The summed E-state index contributed by atoms with van der Waals surface area (Å²) in [5.41, 5.74) is 0.271. The molecule has 8 nitrogen and oxygen atoms in total. The third kappa shape index (κ3) is 5.58. The molecule has 2 aromatic carbocycles. The van der Waals surface area contributed by atoms with E-state index in [1.165, 1.54) is 40.6 Å². The molecule has 1 amide bonds. The van der Waals surface area contributed by atoms with Crippen LogP contribution in [0.2, 0.25) is 5.02 Å². The molecule has 0 spiro atoms. The van der Waals surface area contributed by atoms with Crippen molar-refractivity contribution in [2.45, 2.75) is 6.10 Å². The zero-order chi connectivity index (χ0) is 21.4. The number of hydrogen-bond acceptors (Lipinski definition) is 7. The smallest absolute Gasteiger partial charge is 0.251 e. The average Bonchev–Trinajstić information content (AvgIpc) is 2.74. The van der Waals surface area contributed by atoms with Gasteiger partial charge in [-0.2, -0.15) is 0 Å². The molecular weight excluding hydrogens is 402 g/mol. The summed E-state index contributed by atoms with van der Waals surface area (Å²) < 4.78 is 26.4. The fourth-order valence-corrected chi connectivity index (χ4v) is 2.85. The van der Waals surface area contributed by atoms with Crippen LogP contribution in [0.25, 0.3) is 0 Å². The van der Waals surface area contributed by atoms with E-state index < -0.39 is 12.0 Å². The van der Waals surface area contributed by atoms with Gasteiger partial charge in [0.15, 0.2) is 23.0 Å². The van der Waals surface area contributed by atoms with Crippen LogP contribution in [0.3, 0.4) is 0 Å². The Morgan fingerprint density at radius 3 is 2.17 bits per heavy atom. The molecule has 2 aromatic rings. The molecule has 0 radical (unpaired) electrons. The fraction of sp³-hybridized carbons (Fsp3) is 0.350. The van der Waals surface area contributed by atoms with Crippen molar-refractivity contribution in [3.05, 3.63) is 40.9 Å². The minimum absolute atomic E-state index is 0.0394. The van der Waals surface area contributed by atoms with E-state index in [1.807, 2.05) is 0 Å². The molecule has 0 aliphatic heterocycles. The Hall–Kier alpha value is -2.84. The maximum atomic E-state index is 12.4. The van der Waals surface area contributed by atoms with Crippen LogP contribution < -0.4 is 29.0 Å². The molecule has 9 heteroatoms. The number of ether oxygens (including phenoxy) is 5. The van der Waals surface area contributed by atoms with Crippen molar-refractivity contribution in [3.63, 3.8) is 0 Å². The van der Waals surface area contributed by atoms with E-state index in [0.29, 0.717) is 28.7 Å². The van der Waals surface area contributed by atoms with Crippen molar-refractivity contribution in [2.24, 2.45) is 0 Å². The van der Waals surface area contributed by atoms with E-state index in [0.717, 1.165) is 0 Å². The van der Waals surface area contributed by atoms with Crippen molar-refractivity contribution < 1.29 is 33.6 Å². The zero-order valence-corrected chi connectivity index (χ0v) is 17.4. The Labute approximate surface area is 174 Å². The Morgan fingerprint density at radius 2 is 1.62 bits per heavy atom. The van der Waals surface area contributed by atoms with E-state index in [9.17, 15) is 9.90 Å². The minimum atomic E-state index is -0.968. The lowest BCUT2D eigenvalue weighted by molar-refractivity contribution is 0.0833. The first kappa shape index (κ1) is 22.4. The molecule has 0 fully saturated rings. The summed E-state index contributed by atoms with van der Waals surface area (Å²) >= 11 is 6.12. The van der Waals surface area contributed by atoms with E-state index in [2.05, 4.69) is 5.32 Å². The molecule has 1 unspecified atom stereocenters. The van der Waals surface area contributed by atoms with Crippen LogP contribution in [0.1, 0.15) is 10.4 Å². The van der Waals surface area contributed by atoms with Crippen molar-refractivity contribution in [3.8, 4) is 28.7 Å². The SMILES string of the molecule is COc1cc(C(=O)NCC(O)COc2c(OC)cccc2OC)cc(Cl)c1OC. The molecule has 2 N–H and O–H groups in total. The highest BCUT2D eigenvalue weighted by molar-refractivity contribution is 6.32. The number of aliphatic hydroxyl groups is 1. The van der Waals surface area contributed by atoms with E-state index in [4.69, 9.17) is 35.3 Å². The van der Waals surface area contributed by atoms with Gasteiger partial charge in [-0.3, -0.25) is 4.79 Å². The summed E-state index contributed by atoms with van der Waals surface area (Å²) in [6, 6.07) is 8.15. The zero-order valence-electron chi connectivity index (χ0n) is 16.7. The van der Waals surface area contributed by atoms with Gasteiger partial charge in [-0.05, 0) is 24.3 Å². The number of rotatable bonds is 10. The Kier molecular flexibility index (Phi) is 8.23. The van der Waals surface area contributed by atoms with Crippen LogP contribution in [-0.4, -0.2) is 58.7 Å². The first-order valence-corrected chi connectivity index (χ1v) is 9.04. The normalized spacial score (nSPS) is 11.4. The second kappa shape index (κ2) is 10.6. The number of hydrogen-bond donors (Lipinski definition) is 2. The fourth-order valence-electron chi connectivity index (χ4n) is 2.56. The number of carbonyl (C=O) groups is 1. The number of nitrogens with one attached hydrogen (secondary N) is 1. The first-order valence-electron chi connectivity index (χ1n) is 8.66. The van der Waals surface area contributed by atoms with Gasteiger partial charge in [0.1, 0.15) is 12.7 Å². The van der Waals surface area contributed by atoms with Gasteiger partial charge in [-0.1, -0.05) is 17.7 Å². The lowest BCUT2D eigenvalue weighted by Gasteiger charge is -2.17. The molecule has 0 aliphatic carbocycles. The van der Waals surface area contributed by atoms with Crippen molar-refractivity contribution in [1.82, 2.24) is 5.32 Å². The van der Waals surface area contributed by atoms with Crippen LogP contribution in [0.4, 0.5) is 0 Å². The molecular formula is C20H24ClNO7. The second-order valence-corrected chi connectivity index (χ2v) is 6.27. The molecule has 1 atom stereocenters. The predicted molar refractivity (Wildman–Crippen MR) is 108 cm³/mol. The van der Waals surface area contributed by atoms with Crippen LogP contribution in [0.15, 0.2) is 30.3 Å². The largest absolute Gasteiger partial charge is 0.493 e. The second-order valence-electron chi connectivity index (χ2n) is 5.86. The Balaban J connectivity index is 1.97. The van der Waals surface area contributed by atoms with Gasteiger partial charge in [0, 0.05) is 12.1 Å². The number of benzene rings is 2. The number of para-hydroxylation sites is 1. The highest BCUT2D eigenvalue weighted by Crippen LogP contribution is 2.37. The van der Waals surface area contributed by atoms with Gasteiger partial charge in [0.05, 0.1) is 33.5 Å². The summed E-state index contributed by atoms with van der Waals surface area (Å²) in [7, 11) is 5.92. The number of amides is 1. The molecule has 0 saturated heterocycles. The van der Waals surface area contributed by atoms with Crippen molar-refractivity contribution in [1.29, 1.82) is 0 Å². The monoisotopic (exact) mass is 425 g/mol. The van der Waals surface area contributed by atoms with Gasteiger partial charge in [0.2, 0.25) is 5.75 Å². The van der Waals surface area contributed by atoms with E-state index in [-0.39, 0.29) is 23.7 Å². The molecule has 0 bridgehead atoms. The number of methoxy groups -OCH3 is 4. The van der Waals surface area contributed by atoms with Crippen LogP contribution in [0, 0.1) is 0 Å². The summed E-state index contributed by atoms with van der Waals surface area (Å²) in [6.07, 6.45) is -0.968. The number of carbonyl (C=O) groups excluding carboxylic acids is 1. The van der Waals surface area contributed by atoms with Crippen LogP contribution in [0.5, 0.6) is 28.7 Å². The molecule has 0 heterocycles. The van der Waals surface area contributed by atoms with Crippen molar-refractivity contribution in [2.75, 3.05) is 41.6 Å². The van der Waals surface area contributed by atoms with Crippen LogP contribution >= 0.6 is 11.6 Å². The van der Waals surface area contributed by atoms with Gasteiger partial charge in [-0.15, -0.1) is 0 Å². The third-order valence-electron chi connectivity index (χ3n) is 4.00. The maximum absolute atomic E-state index is 12.4. The topological polar surface area (TPSA) is 95.5 Å². The summed E-state index contributed by atoms with van der Waals surface area (Å²) in [5, 5.41) is 13.0. The lowest BCUT2D eigenvalue weighted by atomic mass is 10.2. The lowest BCUT2D eigenvalue weighted by Crippen LogP contribution is -2.35. The van der Waals surface area contributed by atoms with E-state index in [1.54, 1.807) is 18.2 Å². The molecule has 2 rings (SSSR count). The Morgan fingerprint density at radius 1 is 1.00 bits per heavy atom. The highest BCUT2D eigenvalue weighted by Gasteiger charge is 2.17.